The van der Waals surface area contributed by atoms with E-state index in [1.165, 1.54) is 0 Å². The zero-order chi connectivity index (χ0) is 17.9. The van der Waals surface area contributed by atoms with Crippen LogP contribution in [0.25, 0.3) is 0 Å². The molecule has 2 aromatic carbocycles. The van der Waals surface area contributed by atoms with Gasteiger partial charge in [0.1, 0.15) is 0 Å². The lowest BCUT2D eigenvalue weighted by molar-refractivity contribution is -0.110. The van der Waals surface area contributed by atoms with Crippen molar-refractivity contribution < 1.29 is 19.0 Å². The van der Waals surface area contributed by atoms with E-state index in [1.807, 2.05) is 48.5 Å². The van der Waals surface area contributed by atoms with Gasteiger partial charge in [-0.15, -0.1) is 0 Å². The summed E-state index contributed by atoms with van der Waals surface area (Å²) in [5.74, 6) is 1.40. The van der Waals surface area contributed by atoms with E-state index in [0.717, 1.165) is 24.0 Å². The molecule has 2 rings (SSSR count). The second-order valence-corrected chi connectivity index (χ2v) is 5.63. The van der Waals surface area contributed by atoms with Crippen molar-refractivity contribution >= 4 is 6.41 Å². The minimum absolute atomic E-state index is 0.0894. The highest BCUT2D eigenvalue weighted by atomic mass is 16.5. The lowest BCUT2D eigenvalue weighted by Crippen LogP contribution is -2.21. The molecule has 0 heterocycles. The minimum Gasteiger partial charge on any atom is -0.493 e. The average molecular weight is 343 g/mol. The summed E-state index contributed by atoms with van der Waals surface area (Å²) in [7, 11) is 3.29. The Kier molecular flexibility index (Phi) is 7.79. The van der Waals surface area contributed by atoms with Crippen molar-refractivity contribution in [3.05, 3.63) is 59.7 Å². The Hall–Kier alpha value is -2.53. The summed E-state index contributed by atoms with van der Waals surface area (Å²) in [4.78, 5) is 11.0. The van der Waals surface area contributed by atoms with Crippen molar-refractivity contribution in [1.82, 2.24) is 5.32 Å². The normalized spacial score (nSPS) is 11.6. The first-order valence-corrected chi connectivity index (χ1v) is 8.31. The molecule has 1 unspecified atom stereocenters. The molecular formula is C20H25NO4. The van der Waals surface area contributed by atoms with Crippen molar-refractivity contribution in [1.29, 1.82) is 0 Å². The molecule has 0 aromatic heterocycles. The van der Waals surface area contributed by atoms with Crippen molar-refractivity contribution in [2.45, 2.75) is 18.9 Å². The van der Waals surface area contributed by atoms with Crippen LogP contribution in [0.3, 0.4) is 0 Å². The van der Waals surface area contributed by atoms with Crippen LogP contribution in [0.15, 0.2) is 48.5 Å². The Bertz CT molecular complexity index is 645. The number of rotatable bonds is 11. The lowest BCUT2D eigenvalue weighted by Gasteiger charge is -2.18. The minimum atomic E-state index is -0.0894. The molecule has 0 aliphatic carbocycles. The second-order valence-electron chi connectivity index (χ2n) is 5.63. The molecule has 0 radical (unpaired) electrons. The van der Waals surface area contributed by atoms with Gasteiger partial charge in [-0.2, -0.15) is 0 Å². The first kappa shape index (κ1) is 18.8. The van der Waals surface area contributed by atoms with Gasteiger partial charge in [-0.25, -0.2) is 0 Å². The van der Waals surface area contributed by atoms with Gasteiger partial charge in [0.25, 0.3) is 0 Å². The zero-order valence-electron chi connectivity index (χ0n) is 14.7. The monoisotopic (exact) mass is 343 g/mol. The van der Waals surface area contributed by atoms with Gasteiger partial charge in [0.2, 0.25) is 6.41 Å². The fourth-order valence-electron chi connectivity index (χ4n) is 2.62. The Balaban J connectivity index is 2.12. The van der Waals surface area contributed by atoms with Crippen LogP contribution < -0.4 is 14.8 Å². The Labute approximate surface area is 148 Å². The third-order valence-corrected chi connectivity index (χ3v) is 3.89. The smallest absolute Gasteiger partial charge is 0.207 e. The van der Waals surface area contributed by atoms with Gasteiger partial charge in [0.05, 0.1) is 19.8 Å². The molecule has 5 nitrogen and oxygen atoms in total. The Morgan fingerprint density at radius 2 is 1.84 bits per heavy atom. The molecule has 1 amide bonds. The van der Waals surface area contributed by atoms with E-state index in [-0.39, 0.29) is 6.04 Å². The molecule has 0 saturated carbocycles. The maximum absolute atomic E-state index is 11.0. The van der Waals surface area contributed by atoms with E-state index in [0.29, 0.717) is 31.1 Å². The molecule has 0 saturated heterocycles. The molecule has 2 aromatic rings. The van der Waals surface area contributed by atoms with Crippen molar-refractivity contribution in [3.63, 3.8) is 0 Å². The summed E-state index contributed by atoms with van der Waals surface area (Å²) >= 11 is 0. The lowest BCUT2D eigenvalue weighted by atomic mass is 9.99. The van der Waals surface area contributed by atoms with Crippen LogP contribution >= 0.6 is 0 Å². The molecule has 0 bridgehead atoms. The molecule has 0 aliphatic heterocycles. The summed E-state index contributed by atoms with van der Waals surface area (Å²) in [6.45, 7) is 1.21. The highest BCUT2D eigenvalue weighted by Crippen LogP contribution is 2.30. The third kappa shape index (κ3) is 5.80. The molecule has 1 N–H and O–H groups in total. The SMILES string of the molecule is COCCCOc1cc(CC(NC=O)c2ccccc2)ccc1OC. The van der Waals surface area contributed by atoms with Gasteiger partial charge >= 0.3 is 0 Å². The van der Waals surface area contributed by atoms with Crippen LogP contribution in [0.4, 0.5) is 0 Å². The third-order valence-electron chi connectivity index (χ3n) is 3.89. The average Bonchev–Trinajstić information content (AvgIpc) is 2.66. The largest absolute Gasteiger partial charge is 0.493 e. The van der Waals surface area contributed by atoms with Gasteiger partial charge in [0.15, 0.2) is 11.5 Å². The van der Waals surface area contributed by atoms with Crippen LogP contribution in [-0.4, -0.2) is 33.8 Å². The van der Waals surface area contributed by atoms with E-state index in [2.05, 4.69) is 5.32 Å². The molecule has 0 spiro atoms. The van der Waals surface area contributed by atoms with Crippen molar-refractivity contribution in [3.8, 4) is 11.5 Å². The van der Waals surface area contributed by atoms with E-state index in [4.69, 9.17) is 14.2 Å². The van der Waals surface area contributed by atoms with Crippen molar-refractivity contribution in [2.24, 2.45) is 0 Å². The molecule has 1 atom stereocenters. The molecule has 25 heavy (non-hydrogen) atoms. The number of carbonyl (C=O) groups is 1. The topological polar surface area (TPSA) is 56.8 Å². The van der Waals surface area contributed by atoms with Crippen LogP contribution in [0.5, 0.6) is 11.5 Å². The number of ether oxygens (including phenoxy) is 3. The number of hydrogen-bond donors (Lipinski definition) is 1. The van der Waals surface area contributed by atoms with Crippen LogP contribution in [0, 0.1) is 0 Å². The van der Waals surface area contributed by atoms with Gasteiger partial charge in [-0.1, -0.05) is 36.4 Å². The molecule has 0 aliphatic rings. The fourth-order valence-corrected chi connectivity index (χ4v) is 2.62. The summed E-state index contributed by atoms with van der Waals surface area (Å²) in [5, 5.41) is 2.89. The van der Waals surface area contributed by atoms with Crippen LogP contribution in [0.2, 0.25) is 0 Å². The number of methoxy groups -OCH3 is 2. The number of hydrogen-bond acceptors (Lipinski definition) is 4. The predicted octanol–water partition coefficient (Wildman–Crippen LogP) is 3.14. The van der Waals surface area contributed by atoms with Gasteiger partial charge in [-0.3, -0.25) is 4.79 Å². The highest BCUT2D eigenvalue weighted by molar-refractivity contribution is 5.49. The quantitative estimate of drug-likeness (QED) is 0.503. The second kappa shape index (κ2) is 10.4. The zero-order valence-corrected chi connectivity index (χ0v) is 14.7. The highest BCUT2D eigenvalue weighted by Gasteiger charge is 2.13. The summed E-state index contributed by atoms with van der Waals surface area (Å²) < 4.78 is 16.2. The predicted molar refractivity (Wildman–Crippen MR) is 97.1 cm³/mol. The first-order chi connectivity index (χ1) is 12.3. The molecule has 0 fully saturated rings. The van der Waals surface area contributed by atoms with Gasteiger partial charge < -0.3 is 19.5 Å². The first-order valence-electron chi connectivity index (χ1n) is 8.31. The number of amides is 1. The summed E-state index contributed by atoms with van der Waals surface area (Å²) in [6, 6.07) is 15.7. The maximum atomic E-state index is 11.0. The number of carbonyl (C=O) groups excluding carboxylic acids is 1. The van der Waals surface area contributed by atoms with Crippen LogP contribution in [-0.2, 0) is 16.0 Å². The van der Waals surface area contributed by atoms with E-state index >= 15 is 0 Å². The van der Waals surface area contributed by atoms with E-state index in [9.17, 15) is 4.79 Å². The maximum Gasteiger partial charge on any atom is 0.207 e. The van der Waals surface area contributed by atoms with Crippen molar-refractivity contribution in [2.75, 3.05) is 27.4 Å². The van der Waals surface area contributed by atoms with Gasteiger partial charge in [0, 0.05) is 20.1 Å². The molecule has 134 valence electrons. The van der Waals surface area contributed by atoms with E-state index in [1.54, 1.807) is 14.2 Å². The molecular weight excluding hydrogens is 318 g/mol. The molecule has 5 heteroatoms. The van der Waals surface area contributed by atoms with E-state index < -0.39 is 0 Å². The summed E-state index contributed by atoms with van der Waals surface area (Å²) in [5.41, 5.74) is 2.12. The van der Waals surface area contributed by atoms with Gasteiger partial charge in [-0.05, 0) is 29.7 Å². The summed E-state index contributed by atoms with van der Waals surface area (Å²) in [6.07, 6.45) is 2.22. The van der Waals surface area contributed by atoms with Crippen LogP contribution in [0.1, 0.15) is 23.6 Å². The Morgan fingerprint density at radius 1 is 1.04 bits per heavy atom. The Morgan fingerprint density at radius 3 is 2.52 bits per heavy atom. The number of nitrogens with one attached hydrogen (secondary N) is 1. The number of benzene rings is 2. The standard InChI is InChI=1S/C20H25NO4/c1-23-11-6-12-25-20-14-16(9-10-19(20)24-2)13-18(21-15-22)17-7-4-3-5-8-17/h3-5,7-10,14-15,18H,6,11-13H2,1-2H3,(H,21,22). The fraction of sp³-hybridized carbons (Fsp3) is 0.350.